The van der Waals surface area contributed by atoms with Gasteiger partial charge < -0.3 is 37.2 Å². The molecular weight excluding hydrogens is 374 g/mol. The fourth-order valence-electron chi connectivity index (χ4n) is 3.16. The van der Waals surface area contributed by atoms with Crippen LogP contribution in [0.5, 0.6) is 0 Å². The van der Waals surface area contributed by atoms with E-state index in [1.807, 2.05) is 0 Å². The first kappa shape index (κ1) is 21.2. The third-order valence-electron chi connectivity index (χ3n) is 3.82. The predicted molar refractivity (Wildman–Crippen MR) is 76.7 cm³/mol. The standard InChI is InChI=1S/C16H17Si.3ClH.Ti/c1-17(2,3)16-14-10-6-4-8-12(14)13-9-5-7-11-15(13)16;;;;/h4-10,16H,1-3H3;3*1H;/q;;;;+3/p-3. The Bertz CT molecular complexity index is 623. The topological polar surface area (TPSA) is 0 Å². The first-order valence-electron chi connectivity index (χ1n) is 6.44. The van der Waals surface area contributed by atoms with E-state index in [0.29, 0.717) is 5.54 Å². The number of rotatable bonds is 1. The summed E-state index contributed by atoms with van der Waals surface area (Å²) >= 11 is 2.26. The normalized spacial score (nSPS) is 15.0. The molecule has 1 atom stereocenters. The van der Waals surface area contributed by atoms with Crippen molar-refractivity contribution in [2.45, 2.75) is 25.2 Å². The summed E-state index contributed by atoms with van der Waals surface area (Å²) in [4.78, 5) is 0. The minimum atomic E-state index is -1.26. The van der Waals surface area contributed by atoms with Crippen molar-refractivity contribution in [1.29, 1.82) is 0 Å². The molecule has 0 fully saturated rings. The van der Waals surface area contributed by atoms with Gasteiger partial charge in [-0.05, 0) is 0 Å². The molecule has 0 spiro atoms. The predicted octanol–water partition coefficient (Wildman–Crippen LogP) is -5.14. The largest absolute Gasteiger partial charge is 1.00 e. The molecular formula is C16H17Cl3SiTi. The first-order valence-corrected chi connectivity index (χ1v) is 10.8. The second-order valence-corrected chi connectivity index (χ2v) is 12.3. The van der Waals surface area contributed by atoms with Crippen molar-refractivity contribution in [2.24, 2.45) is 0 Å². The van der Waals surface area contributed by atoms with E-state index in [9.17, 15) is 0 Å². The van der Waals surface area contributed by atoms with E-state index >= 15 is 0 Å². The van der Waals surface area contributed by atoms with Gasteiger partial charge in [-0.3, -0.25) is 0 Å². The molecule has 21 heavy (non-hydrogen) atoms. The molecule has 0 heterocycles. The minimum Gasteiger partial charge on any atom is -1.00 e. The van der Waals surface area contributed by atoms with Crippen LogP contribution in [0.1, 0.15) is 16.7 Å². The molecule has 2 aromatic rings. The smallest absolute Gasteiger partial charge is 1.00 e. The van der Waals surface area contributed by atoms with Crippen LogP contribution in [0.2, 0.25) is 19.6 Å². The molecule has 0 nitrogen and oxygen atoms in total. The fourth-order valence-corrected chi connectivity index (χ4v) is 6.33. The van der Waals surface area contributed by atoms with Crippen LogP contribution in [-0.2, 0) is 20.4 Å². The third kappa shape index (κ3) is 3.60. The van der Waals surface area contributed by atoms with Gasteiger partial charge in [-0.25, -0.2) is 0 Å². The van der Waals surface area contributed by atoms with Crippen molar-refractivity contribution in [3.05, 3.63) is 53.6 Å². The molecule has 2 aromatic carbocycles. The van der Waals surface area contributed by atoms with Crippen LogP contribution in [0.3, 0.4) is 0 Å². The molecule has 3 rings (SSSR count). The van der Waals surface area contributed by atoms with E-state index in [2.05, 4.69) is 82.5 Å². The molecule has 1 aliphatic rings. The molecule has 0 radical (unpaired) electrons. The number of hydrogen-bond acceptors (Lipinski definition) is 0. The van der Waals surface area contributed by atoms with Crippen LogP contribution in [0.15, 0.2) is 42.5 Å². The number of benzene rings is 2. The zero-order valence-corrected chi connectivity index (χ0v) is 17.1. The van der Waals surface area contributed by atoms with Gasteiger partial charge in [-0.1, -0.05) is 0 Å². The Labute approximate surface area is 158 Å². The molecule has 0 saturated heterocycles. The van der Waals surface area contributed by atoms with Crippen LogP contribution in [0, 0.1) is 0 Å². The molecule has 110 valence electrons. The number of halogens is 3. The van der Waals surface area contributed by atoms with Crippen LogP contribution < -0.4 is 41.1 Å². The summed E-state index contributed by atoms with van der Waals surface area (Å²) in [6.45, 7) is 7.45. The van der Waals surface area contributed by atoms with Crippen molar-refractivity contribution in [3.63, 3.8) is 0 Å². The Kier molecular flexibility index (Phi) is 7.77. The van der Waals surface area contributed by atoms with Crippen LogP contribution in [0.25, 0.3) is 11.1 Å². The number of fused-ring (bicyclic) bond motifs is 3. The van der Waals surface area contributed by atoms with Crippen molar-refractivity contribution >= 4 is 11.9 Å². The van der Waals surface area contributed by atoms with Crippen LogP contribution in [-0.4, -0.2) is 8.07 Å². The van der Waals surface area contributed by atoms with Gasteiger partial charge in [0.15, 0.2) is 0 Å². The van der Waals surface area contributed by atoms with Gasteiger partial charge in [0, 0.05) is 0 Å². The Hall–Kier alpha value is 0.241. The fraction of sp³-hybridized carbons (Fsp3) is 0.250. The summed E-state index contributed by atoms with van der Waals surface area (Å²) in [6.07, 6.45) is 0. The summed E-state index contributed by atoms with van der Waals surface area (Å²) in [7, 11) is -1.26. The zero-order chi connectivity index (χ0) is 12.9. The van der Waals surface area contributed by atoms with Crippen molar-refractivity contribution in [3.8, 4) is 11.1 Å². The summed E-state index contributed by atoms with van der Waals surface area (Å²) < 4.78 is 1.45. The molecule has 0 bridgehead atoms. The van der Waals surface area contributed by atoms with Crippen LogP contribution >= 0.6 is 0 Å². The van der Waals surface area contributed by atoms with E-state index in [1.54, 1.807) is 11.1 Å². The molecule has 0 saturated carbocycles. The Morgan fingerprint density at radius 1 is 0.810 bits per heavy atom. The molecule has 0 N–H and O–H groups in total. The maximum Gasteiger partial charge on any atom is -1.00 e. The van der Waals surface area contributed by atoms with Gasteiger partial charge in [-0.2, -0.15) is 0 Å². The second-order valence-electron chi connectivity index (χ2n) is 6.15. The summed E-state index contributed by atoms with van der Waals surface area (Å²) in [6, 6.07) is 15.7. The molecule has 5 heteroatoms. The quantitative estimate of drug-likeness (QED) is 0.427. The zero-order valence-electron chi connectivity index (χ0n) is 12.3. The van der Waals surface area contributed by atoms with Crippen molar-refractivity contribution in [1.82, 2.24) is 0 Å². The van der Waals surface area contributed by atoms with E-state index in [4.69, 9.17) is 0 Å². The third-order valence-corrected chi connectivity index (χ3v) is 6.84. The summed E-state index contributed by atoms with van der Waals surface area (Å²) in [5, 5.41) is 0. The monoisotopic (exact) mass is 390 g/mol. The van der Waals surface area contributed by atoms with Crippen molar-refractivity contribution < 1.29 is 57.7 Å². The van der Waals surface area contributed by atoms with Crippen molar-refractivity contribution in [2.75, 3.05) is 0 Å². The van der Waals surface area contributed by atoms with Gasteiger partial charge in [-0.15, -0.1) is 0 Å². The van der Waals surface area contributed by atoms with Gasteiger partial charge in [0.05, 0.1) is 0 Å². The average Bonchev–Trinajstić information content (AvgIpc) is 2.65. The maximum atomic E-state index is 2.48. The maximum absolute atomic E-state index is 2.48. The SMILES string of the molecule is C[Si](C)(C)C1c2ccccc2-c2ccc[c]([Ti+3])c21.[Cl-].[Cl-].[Cl-]. The van der Waals surface area contributed by atoms with Gasteiger partial charge in [0.1, 0.15) is 0 Å². The molecule has 0 aromatic heterocycles. The van der Waals surface area contributed by atoms with E-state index in [-0.39, 0.29) is 37.2 Å². The average molecular weight is 392 g/mol. The molecule has 0 amide bonds. The molecule has 0 aliphatic heterocycles. The number of hydrogen-bond donors (Lipinski definition) is 0. The molecule has 1 unspecified atom stereocenters. The van der Waals surface area contributed by atoms with E-state index in [1.165, 1.54) is 15.0 Å². The Morgan fingerprint density at radius 3 is 2.00 bits per heavy atom. The second kappa shape index (κ2) is 7.68. The van der Waals surface area contributed by atoms with Crippen LogP contribution in [0.4, 0.5) is 0 Å². The Balaban J connectivity index is 0.00000133. The minimum absolute atomic E-state index is 0. The van der Waals surface area contributed by atoms with Gasteiger partial charge in [0.25, 0.3) is 0 Å². The van der Waals surface area contributed by atoms with Gasteiger partial charge in [0.2, 0.25) is 0 Å². The Morgan fingerprint density at radius 2 is 1.38 bits per heavy atom. The first-order chi connectivity index (χ1) is 8.50. The van der Waals surface area contributed by atoms with E-state index in [0.717, 1.165) is 0 Å². The molecule has 1 aliphatic carbocycles. The van der Waals surface area contributed by atoms with Gasteiger partial charge >= 0.3 is 122 Å². The van der Waals surface area contributed by atoms with E-state index < -0.39 is 8.07 Å². The summed E-state index contributed by atoms with van der Waals surface area (Å²) in [5.41, 5.74) is 6.74. The summed E-state index contributed by atoms with van der Waals surface area (Å²) in [5.74, 6) is 0.